The molecule has 0 aliphatic rings. The van der Waals surface area contributed by atoms with Crippen LogP contribution in [0.4, 0.5) is 0 Å². The Hall–Kier alpha value is -1.00. The van der Waals surface area contributed by atoms with Crippen LogP contribution < -0.4 is 10.6 Å². The van der Waals surface area contributed by atoms with Crippen LogP contribution in [-0.4, -0.2) is 24.2 Å². The largest absolute Gasteiger partial charge is 0.355 e. The molecule has 4 heteroatoms. The van der Waals surface area contributed by atoms with Crippen molar-refractivity contribution in [2.24, 2.45) is 0 Å². The van der Waals surface area contributed by atoms with Crippen molar-refractivity contribution in [1.82, 2.24) is 10.6 Å². The summed E-state index contributed by atoms with van der Waals surface area (Å²) in [6, 6.07) is 8.83. The molecule has 0 fully saturated rings. The maximum absolute atomic E-state index is 11.5. The van der Waals surface area contributed by atoms with E-state index in [2.05, 4.69) is 49.6 Å². The van der Waals surface area contributed by atoms with Crippen molar-refractivity contribution >= 4 is 17.7 Å². The molecule has 0 aliphatic heterocycles. The molecule has 0 unspecified atom stereocenters. The van der Waals surface area contributed by atoms with E-state index in [1.807, 2.05) is 6.07 Å². The SMILES string of the molecule is CCCNC(=O)CSc1cccc(CNC(C)C)c1. The summed E-state index contributed by atoms with van der Waals surface area (Å²) in [5.74, 6) is 0.596. The van der Waals surface area contributed by atoms with E-state index in [-0.39, 0.29) is 5.91 Å². The maximum atomic E-state index is 11.5. The van der Waals surface area contributed by atoms with Crippen LogP contribution in [0.3, 0.4) is 0 Å². The zero-order valence-electron chi connectivity index (χ0n) is 12.0. The predicted octanol–water partition coefficient (Wildman–Crippen LogP) is 2.80. The molecular formula is C15H24N2OS. The van der Waals surface area contributed by atoms with Gasteiger partial charge < -0.3 is 10.6 Å². The summed E-state index contributed by atoms with van der Waals surface area (Å²) in [5, 5.41) is 6.28. The highest BCUT2D eigenvalue weighted by Crippen LogP contribution is 2.18. The molecule has 1 aromatic carbocycles. The van der Waals surface area contributed by atoms with Gasteiger partial charge in [-0.3, -0.25) is 4.79 Å². The third-order valence-electron chi connectivity index (χ3n) is 2.55. The molecule has 0 saturated heterocycles. The normalized spacial score (nSPS) is 10.7. The van der Waals surface area contributed by atoms with Crippen LogP contribution in [0.2, 0.25) is 0 Å². The predicted molar refractivity (Wildman–Crippen MR) is 82.4 cm³/mol. The van der Waals surface area contributed by atoms with Gasteiger partial charge in [-0.1, -0.05) is 32.9 Å². The van der Waals surface area contributed by atoms with Gasteiger partial charge in [-0.15, -0.1) is 11.8 Å². The van der Waals surface area contributed by atoms with Crippen molar-refractivity contribution in [3.63, 3.8) is 0 Å². The average Bonchev–Trinajstić information content (AvgIpc) is 2.41. The topological polar surface area (TPSA) is 41.1 Å². The minimum Gasteiger partial charge on any atom is -0.355 e. The van der Waals surface area contributed by atoms with Gasteiger partial charge in [0.25, 0.3) is 0 Å². The molecule has 0 heterocycles. The smallest absolute Gasteiger partial charge is 0.230 e. The first-order valence-electron chi connectivity index (χ1n) is 6.83. The molecule has 2 N–H and O–H groups in total. The number of hydrogen-bond acceptors (Lipinski definition) is 3. The molecule has 0 atom stereocenters. The molecule has 1 amide bonds. The van der Waals surface area contributed by atoms with Crippen molar-refractivity contribution in [2.75, 3.05) is 12.3 Å². The number of benzene rings is 1. The average molecular weight is 280 g/mol. The van der Waals surface area contributed by atoms with Crippen LogP contribution in [0.25, 0.3) is 0 Å². The highest BCUT2D eigenvalue weighted by molar-refractivity contribution is 8.00. The van der Waals surface area contributed by atoms with E-state index in [0.29, 0.717) is 11.8 Å². The summed E-state index contributed by atoms with van der Waals surface area (Å²) in [6.45, 7) is 7.96. The third-order valence-corrected chi connectivity index (χ3v) is 3.55. The van der Waals surface area contributed by atoms with Gasteiger partial charge in [0.05, 0.1) is 5.75 Å². The van der Waals surface area contributed by atoms with Crippen molar-refractivity contribution in [3.05, 3.63) is 29.8 Å². The number of hydrogen-bond donors (Lipinski definition) is 2. The van der Waals surface area contributed by atoms with Gasteiger partial charge >= 0.3 is 0 Å². The van der Waals surface area contributed by atoms with Gasteiger partial charge in [0.2, 0.25) is 5.91 Å². The minimum absolute atomic E-state index is 0.109. The molecule has 0 aromatic heterocycles. The lowest BCUT2D eigenvalue weighted by Gasteiger charge is -2.09. The van der Waals surface area contributed by atoms with Crippen LogP contribution >= 0.6 is 11.8 Å². The Bertz CT molecular complexity index is 393. The first kappa shape index (κ1) is 16.1. The van der Waals surface area contributed by atoms with Crippen molar-refractivity contribution < 1.29 is 4.79 Å². The fraction of sp³-hybridized carbons (Fsp3) is 0.533. The minimum atomic E-state index is 0.109. The van der Waals surface area contributed by atoms with E-state index in [1.54, 1.807) is 11.8 Å². The Kier molecular flexibility index (Phi) is 7.60. The quantitative estimate of drug-likeness (QED) is 0.720. The molecule has 0 radical (unpaired) electrons. The molecule has 1 rings (SSSR count). The lowest BCUT2D eigenvalue weighted by atomic mass is 10.2. The van der Waals surface area contributed by atoms with Gasteiger partial charge in [-0.2, -0.15) is 0 Å². The highest BCUT2D eigenvalue weighted by atomic mass is 32.2. The summed E-state index contributed by atoms with van der Waals surface area (Å²) in [5.41, 5.74) is 1.26. The Morgan fingerprint density at radius 3 is 2.84 bits per heavy atom. The highest BCUT2D eigenvalue weighted by Gasteiger charge is 2.03. The first-order valence-corrected chi connectivity index (χ1v) is 7.82. The summed E-state index contributed by atoms with van der Waals surface area (Å²) in [4.78, 5) is 12.7. The molecule has 0 spiro atoms. The maximum Gasteiger partial charge on any atom is 0.230 e. The summed E-state index contributed by atoms with van der Waals surface area (Å²) in [7, 11) is 0. The number of carbonyl (C=O) groups excluding carboxylic acids is 1. The Morgan fingerprint density at radius 2 is 2.16 bits per heavy atom. The van der Waals surface area contributed by atoms with Gasteiger partial charge in [-0.25, -0.2) is 0 Å². The van der Waals surface area contributed by atoms with Gasteiger partial charge in [-0.05, 0) is 24.1 Å². The van der Waals surface area contributed by atoms with Crippen molar-refractivity contribution in [1.29, 1.82) is 0 Å². The van der Waals surface area contributed by atoms with Gasteiger partial charge in [0.15, 0.2) is 0 Å². The molecule has 19 heavy (non-hydrogen) atoms. The molecule has 106 valence electrons. The van der Waals surface area contributed by atoms with E-state index in [4.69, 9.17) is 0 Å². The fourth-order valence-electron chi connectivity index (χ4n) is 1.53. The standard InChI is InChI=1S/C15H24N2OS/c1-4-8-16-15(18)11-19-14-7-5-6-13(9-14)10-17-12(2)3/h5-7,9,12,17H,4,8,10-11H2,1-3H3,(H,16,18). The zero-order chi connectivity index (χ0) is 14.1. The van der Waals surface area contributed by atoms with E-state index in [1.165, 1.54) is 5.56 Å². The summed E-state index contributed by atoms with van der Waals surface area (Å²) < 4.78 is 0. The molecule has 1 aromatic rings. The van der Waals surface area contributed by atoms with Crippen LogP contribution in [-0.2, 0) is 11.3 Å². The lowest BCUT2D eigenvalue weighted by molar-refractivity contribution is -0.118. The van der Waals surface area contributed by atoms with Crippen molar-refractivity contribution in [3.8, 4) is 0 Å². The third kappa shape index (κ3) is 7.23. The van der Waals surface area contributed by atoms with E-state index in [9.17, 15) is 4.79 Å². The first-order chi connectivity index (χ1) is 9.11. The molecule has 0 aliphatic carbocycles. The van der Waals surface area contributed by atoms with Crippen LogP contribution in [0.15, 0.2) is 29.2 Å². The van der Waals surface area contributed by atoms with E-state index < -0.39 is 0 Å². The summed E-state index contributed by atoms with van der Waals surface area (Å²) in [6.07, 6.45) is 0.979. The lowest BCUT2D eigenvalue weighted by Crippen LogP contribution is -2.25. The van der Waals surface area contributed by atoms with E-state index in [0.717, 1.165) is 24.4 Å². The second-order valence-electron chi connectivity index (χ2n) is 4.82. The number of nitrogens with one attached hydrogen (secondary N) is 2. The monoisotopic (exact) mass is 280 g/mol. The number of amides is 1. The summed E-state index contributed by atoms with van der Waals surface area (Å²) >= 11 is 1.59. The zero-order valence-corrected chi connectivity index (χ0v) is 12.8. The fourth-order valence-corrected chi connectivity index (χ4v) is 2.34. The number of carbonyl (C=O) groups is 1. The Labute approximate surface area is 120 Å². The van der Waals surface area contributed by atoms with Gasteiger partial charge in [0, 0.05) is 24.0 Å². The number of rotatable bonds is 8. The Morgan fingerprint density at radius 1 is 1.37 bits per heavy atom. The van der Waals surface area contributed by atoms with E-state index >= 15 is 0 Å². The van der Waals surface area contributed by atoms with Gasteiger partial charge in [0.1, 0.15) is 0 Å². The number of thioether (sulfide) groups is 1. The van der Waals surface area contributed by atoms with Crippen LogP contribution in [0.5, 0.6) is 0 Å². The van der Waals surface area contributed by atoms with Crippen LogP contribution in [0.1, 0.15) is 32.8 Å². The Balaban J connectivity index is 2.41. The molecule has 0 saturated carbocycles. The molecule has 0 bridgehead atoms. The second kappa shape index (κ2) is 8.99. The molecular weight excluding hydrogens is 256 g/mol. The van der Waals surface area contributed by atoms with Crippen LogP contribution in [0, 0.1) is 0 Å². The van der Waals surface area contributed by atoms with Crippen molar-refractivity contribution in [2.45, 2.75) is 44.7 Å². The second-order valence-corrected chi connectivity index (χ2v) is 5.87. The molecule has 3 nitrogen and oxygen atoms in total.